The number of hydrogen-bond acceptors (Lipinski definition) is 1. The minimum absolute atomic E-state index is 0. The molecule has 4 heteroatoms. The van der Waals surface area contributed by atoms with E-state index in [2.05, 4.69) is 6.08 Å². The number of nitrogens with zero attached hydrogens (tertiary/aromatic N) is 1. The first-order chi connectivity index (χ1) is 9.06. The molecule has 0 saturated heterocycles. The maximum atomic E-state index is 10.6. The first kappa shape index (κ1) is 19.2. The predicted octanol–water partition coefficient (Wildman–Crippen LogP) is 0.216. The summed E-state index contributed by atoms with van der Waals surface area (Å²) in [5, 5.41) is 17.6. The Bertz CT molecular complexity index is 559. The van der Waals surface area contributed by atoms with Crippen LogP contribution in [0.5, 0.6) is 0 Å². The summed E-state index contributed by atoms with van der Waals surface area (Å²) >= 11 is 0. The quantitative estimate of drug-likeness (QED) is 0.353. The predicted molar refractivity (Wildman–Crippen MR) is 76.5 cm³/mol. The fourth-order valence-corrected chi connectivity index (χ4v) is 1.52. The molecular formula is C16H14KNO2-2. The van der Waals surface area contributed by atoms with Crippen LogP contribution in [0.1, 0.15) is 17.5 Å². The smallest absolute Gasteiger partial charge is 0.878 e. The molecule has 0 aliphatic heterocycles. The molecule has 0 aliphatic rings. The standard InChI is InChI=1S/C16H14NO2.K/c1-3-14(15-6-4-5-12(2)9-15)8-7-13(11-17)10-16(18)19;/h1,3-6,8-9,11H,10H2,2H3,(H,18,19);/q-3;+1/b14-8+;. The molecule has 0 aliphatic carbocycles. The van der Waals surface area contributed by atoms with Gasteiger partial charge >= 0.3 is 57.4 Å². The van der Waals surface area contributed by atoms with Gasteiger partial charge in [-0.2, -0.15) is 17.7 Å². The average Bonchev–Trinajstić information content (AvgIpc) is 2.37. The van der Waals surface area contributed by atoms with Crippen LogP contribution in [0.25, 0.3) is 11.0 Å². The molecule has 0 spiro atoms. The molecule has 1 aromatic carbocycles. The van der Waals surface area contributed by atoms with Gasteiger partial charge in [0.1, 0.15) is 0 Å². The Kier molecular flexibility index (Phi) is 9.62. The third kappa shape index (κ3) is 6.59. The molecular weight excluding hydrogens is 277 g/mol. The Hall–Kier alpha value is -0.784. The molecule has 1 rings (SSSR count). The molecule has 1 aromatic rings. The summed E-state index contributed by atoms with van der Waals surface area (Å²) in [4.78, 5) is 10.6. The summed E-state index contributed by atoms with van der Waals surface area (Å²) < 4.78 is 0. The van der Waals surface area contributed by atoms with E-state index in [-0.39, 0.29) is 63.4 Å². The van der Waals surface area contributed by atoms with Crippen LogP contribution in [-0.2, 0) is 4.79 Å². The van der Waals surface area contributed by atoms with Crippen molar-refractivity contribution in [3.05, 3.63) is 71.2 Å². The van der Waals surface area contributed by atoms with Crippen LogP contribution in [0.2, 0.25) is 0 Å². The molecule has 1 N–H and O–H groups in total. The molecule has 0 saturated carbocycles. The number of carboxylic acid groups (broad SMARTS) is 1. The van der Waals surface area contributed by atoms with Gasteiger partial charge in [0, 0.05) is 6.42 Å². The normalized spacial score (nSPS) is 11.4. The number of allylic oxidation sites excluding steroid dienone is 4. The van der Waals surface area contributed by atoms with Gasteiger partial charge in [-0.1, -0.05) is 35.4 Å². The molecule has 0 amide bonds. The number of carbonyl (C=O) groups is 1. The summed E-state index contributed by atoms with van der Waals surface area (Å²) in [6.07, 6.45) is 6.13. The van der Waals surface area contributed by atoms with Crippen molar-refractivity contribution in [1.29, 1.82) is 0 Å². The molecule has 3 nitrogen and oxygen atoms in total. The molecule has 98 valence electrons. The molecule has 0 fully saturated rings. The Morgan fingerprint density at radius 2 is 2.20 bits per heavy atom. The topological polar surface area (TPSA) is 59.6 Å². The molecule has 0 bridgehead atoms. The van der Waals surface area contributed by atoms with Crippen molar-refractivity contribution >= 4 is 17.8 Å². The minimum atomic E-state index is -1.03. The van der Waals surface area contributed by atoms with Gasteiger partial charge in [-0.05, 0) is 6.92 Å². The van der Waals surface area contributed by atoms with E-state index in [1.807, 2.05) is 31.2 Å². The van der Waals surface area contributed by atoms with Gasteiger partial charge in [-0.15, -0.1) is 5.57 Å². The molecule has 20 heavy (non-hydrogen) atoms. The first-order valence-electron chi connectivity index (χ1n) is 5.70. The van der Waals surface area contributed by atoms with Gasteiger partial charge in [-0.3, -0.25) is 11.4 Å². The van der Waals surface area contributed by atoms with Gasteiger partial charge in [-0.25, -0.2) is 6.08 Å². The third-order valence-corrected chi connectivity index (χ3v) is 2.44. The molecule has 0 atom stereocenters. The van der Waals surface area contributed by atoms with Gasteiger partial charge in [0.15, 0.2) is 0 Å². The van der Waals surface area contributed by atoms with Crippen LogP contribution >= 0.6 is 0 Å². The summed E-state index contributed by atoms with van der Waals surface area (Å²) in [5.41, 5.74) is 2.88. The summed E-state index contributed by atoms with van der Waals surface area (Å²) in [6.45, 7) is 7.52. The largest absolute Gasteiger partial charge is 1.00 e. The second-order valence-electron chi connectivity index (χ2n) is 4.01. The number of benzene rings is 1. The fraction of sp³-hybridized carbons (Fsp3) is 0.125. The number of aliphatic carboxylic acids is 1. The van der Waals surface area contributed by atoms with Gasteiger partial charge in [0.2, 0.25) is 0 Å². The maximum absolute atomic E-state index is 10.6. The summed E-state index contributed by atoms with van der Waals surface area (Å²) in [7, 11) is 0. The van der Waals surface area contributed by atoms with Crippen molar-refractivity contribution in [1.82, 2.24) is 0 Å². The van der Waals surface area contributed by atoms with Crippen molar-refractivity contribution < 1.29 is 61.3 Å². The zero-order valence-electron chi connectivity index (χ0n) is 11.6. The van der Waals surface area contributed by atoms with Crippen molar-refractivity contribution in [2.75, 3.05) is 0 Å². The maximum Gasteiger partial charge on any atom is 1.00 e. The molecule has 0 aromatic heterocycles. The fourth-order valence-electron chi connectivity index (χ4n) is 1.52. The van der Waals surface area contributed by atoms with E-state index in [0.29, 0.717) is 5.57 Å². The van der Waals surface area contributed by atoms with Gasteiger partial charge in [0.25, 0.3) is 0 Å². The zero-order chi connectivity index (χ0) is 14.3. The Morgan fingerprint density at radius 3 is 2.70 bits per heavy atom. The van der Waals surface area contributed by atoms with E-state index in [0.717, 1.165) is 17.3 Å². The Labute approximate surface area is 162 Å². The second kappa shape index (κ2) is 10.0. The molecule has 0 radical (unpaired) electrons. The van der Waals surface area contributed by atoms with E-state index in [1.165, 1.54) is 6.08 Å². The van der Waals surface area contributed by atoms with E-state index >= 15 is 0 Å². The van der Waals surface area contributed by atoms with Crippen LogP contribution in [-0.4, -0.2) is 17.3 Å². The number of rotatable bonds is 6. The van der Waals surface area contributed by atoms with Crippen molar-refractivity contribution in [2.45, 2.75) is 13.3 Å². The van der Waals surface area contributed by atoms with Crippen molar-refractivity contribution in [3.8, 4) is 0 Å². The monoisotopic (exact) mass is 291 g/mol. The van der Waals surface area contributed by atoms with E-state index in [4.69, 9.17) is 17.1 Å². The van der Waals surface area contributed by atoms with E-state index in [1.54, 1.807) is 6.08 Å². The van der Waals surface area contributed by atoms with Crippen LogP contribution < -0.4 is 51.4 Å². The number of hydrogen-bond donors (Lipinski definition) is 1. The summed E-state index contributed by atoms with van der Waals surface area (Å²) in [6, 6.07) is 7.72. The van der Waals surface area contributed by atoms with Crippen LogP contribution in [0.4, 0.5) is 0 Å². The van der Waals surface area contributed by atoms with E-state index < -0.39 is 5.97 Å². The van der Waals surface area contributed by atoms with E-state index in [9.17, 15) is 4.79 Å². The number of aryl methyl sites for hydroxylation is 1. The van der Waals surface area contributed by atoms with Crippen LogP contribution in [0.15, 0.2) is 42.0 Å². The van der Waals surface area contributed by atoms with Crippen molar-refractivity contribution in [2.24, 2.45) is 0 Å². The Morgan fingerprint density at radius 1 is 1.50 bits per heavy atom. The average molecular weight is 291 g/mol. The Balaban J connectivity index is 0.00000361. The van der Waals surface area contributed by atoms with Crippen molar-refractivity contribution in [3.63, 3.8) is 0 Å². The summed E-state index contributed by atoms with van der Waals surface area (Å²) in [5.74, 6) is -1.03. The van der Waals surface area contributed by atoms with Gasteiger partial charge in [0.05, 0.1) is 0 Å². The zero-order valence-corrected chi connectivity index (χ0v) is 14.8. The van der Waals surface area contributed by atoms with Crippen LogP contribution in [0, 0.1) is 19.6 Å². The third-order valence-electron chi connectivity index (χ3n) is 2.44. The second-order valence-corrected chi connectivity index (χ2v) is 4.01. The molecule has 0 unspecified atom stereocenters. The van der Waals surface area contributed by atoms with Crippen LogP contribution in [0.3, 0.4) is 0 Å². The first-order valence-corrected chi connectivity index (χ1v) is 5.70. The SMILES string of the molecule is [CH-]=C/C(=C\[C-]=C(C=[N-])CC(=O)O)c1cccc(C)c1.[K+]. The molecule has 0 heterocycles. The minimum Gasteiger partial charge on any atom is -0.878 e. The number of carboxylic acids is 1. The van der Waals surface area contributed by atoms with Gasteiger partial charge < -0.3 is 16.7 Å².